The van der Waals surface area contributed by atoms with Crippen LogP contribution >= 0.6 is 15.6 Å². The Labute approximate surface area is 619 Å². The number of carbonyl (C=O) groups is 4. The van der Waals surface area contributed by atoms with Gasteiger partial charge in [-0.3, -0.25) is 28.3 Å². The zero-order valence-corrected chi connectivity index (χ0v) is 67.2. The third-order valence-electron chi connectivity index (χ3n) is 17.1. The molecule has 1 N–H and O–H groups in total. The molecular formula is C73H140Na2O17P2. The molecule has 0 radical (unpaired) electrons. The smallest absolute Gasteiger partial charge is 0.756 e. The topological polar surface area (TPSA) is 243 Å². The van der Waals surface area contributed by atoms with Crippen molar-refractivity contribution in [1.82, 2.24) is 0 Å². The maximum Gasteiger partial charge on any atom is 1.00 e. The Morgan fingerprint density at radius 1 is 0.277 bits per heavy atom. The second-order valence-electron chi connectivity index (χ2n) is 26.3. The van der Waals surface area contributed by atoms with Gasteiger partial charge < -0.3 is 51.9 Å². The standard InChI is InChI=1S/C73H142O17P2.2Na/c1-5-9-13-17-21-25-29-33-37-41-45-49-53-57-70(75)83-63-68(89-72(77)59-55-51-47-43-39-35-31-27-23-19-15-11-7-3)65-87-91(79,80)85-61-67(74)62-86-92(81,82)88-66-69(90-73(78)60-56-52-48-44-40-36-32-28-24-20-16-12-8-4)64-84-71(76)58-54-50-46-42-38-34-30-26-22-18-14-10-6-2;;/h67-69,74H,5-66H2,1-4H3,(H,79,80)(H,81,82);;/q;2*+1/p-2/t68-,69-;;/m0../s1. The van der Waals surface area contributed by atoms with E-state index in [2.05, 4.69) is 27.7 Å². The fraction of sp³-hybridized carbons (Fsp3) is 0.945. The summed E-state index contributed by atoms with van der Waals surface area (Å²) in [6, 6.07) is 0. The molecule has 17 nitrogen and oxygen atoms in total. The number of aliphatic hydroxyl groups is 1. The van der Waals surface area contributed by atoms with Crippen LogP contribution in [0.2, 0.25) is 0 Å². The predicted molar refractivity (Wildman–Crippen MR) is 368 cm³/mol. The minimum Gasteiger partial charge on any atom is -0.756 e. The summed E-state index contributed by atoms with van der Waals surface area (Å²) in [5.74, 6) is -2.21. The molecule has 0 aromatic heterocycles. The number of carbonyl (C=O) groups excluding carboxylic acids is 4. The van der Waals surface area contributed by atoms with Crippen LogP contribution in [0.25, 0.3) is 0 Å². The largest absolute Gasteiger partial charge is 1.00 e. The van der Waals surface area contributed by atoms with Crippen molar-refractivity contribution in [2.75, 3.05) is 39.6 Å². The summed E-state index contributed by atoms with van der Waals surface area (Å²) >= 11 is 0. The van der Waals surface area contributed by atoms with E-state index in [-0.39, 0.29) is 84.8 Å². The molecule has 0 aromatic carbocycles. The normalized spacial score (nSPS) is 13.6. The van der Waals surface area contributed by atoms with Crippen LogP contribution < -0.4 is 68.9 Å². The number of phosphoric ester groups is 2. The van der Waals surface area contributed by atoms with Gasteiger partial charge in [0, 0.05) is 25.7 Å². The molecule has 4 atom stereocenters. The number of hydrogen-bond acceptors (Lipinski definition) is 17. The van der Waals surface area contributed by atoms with Crippen LogP contribution in [-0.4, -0.2) is 86.9 Å². The number of phosphoric acid groups is 2. The summed E-state index contributed by atoms with van der Waals surface area (Å²) in [6.45, 7) is 4.57. The van der Waals surface area contributed by atoms with Gasteiger partial charge in [-0.15, -0.1) is 0 Å². The van der Waals surface area contributed by atoms with Gasteiger partial charge in [0.1, 0.15) is 19.3 Å². The average Bonchev–Trinajstić information content (AvgIpc) is 3.74. The predicted octanol–water partition coefficient (Wildman–Crippen LogP) is 14.2. The van der Waals surface area contributed by atoms with Crippen molar-refractivity contribution in [1.29, 1.82) is 0 Å². The monoisotopic (exact) mass is 1400 g/mol. The minimum atomic E-state index is -5.22. The van der Waals surface area contributed by atoms with Gasteiger partial charge in [0.2, 0.25) is 0 Å². The summed E-state index contributed by atoms with van der Waals surface area (Å²) in [5.41, 5.74) is 0. The number of hydrogen-bond donors (Lipinski definition) is 1. The molecule has 0 spiro atoms. The fourth-order valence-corrected chi connectivity index (χ4v) is 12.8. The van der Waals surface area contributed by atoms with Crippen molar-refractivity contribution < 1.29 is 139 Å². The van der Waals surface area contributed by atoms with Crippen molar-refractivity contribution in [3.05, 3.63) is 0 Å². The average molecular weight is 1400 g/mol. The molecular weight excluding hydrogens is 1260 g/mol. The number of ether oxygens (including phenoxy) is 4. The van der Waals surface area contributed by atoms with Crippen LogP contribution in [0.15, 0.2) is 0 Å². The molecule has 0 aliphatic rings. The SMILES string of the molecule is CCCCCCCCCCCCCCCC(=O)OC[C@@H](COP(=O)([O-])OCC(O)COP(=O)([O-])OC[C@H](COC(=O)CCCCCCCCCCCCCCC)OC(=O)CCCCCCCCCCCCCCC)OC(=O)CCCCCCCCCCCCCCC.[Na+].[Na+]. The molecule has 0 amide bonds. The van der Waals surface area contributed by atoms with Gasteiger partial charge in [-0.2, -0.15) is 0 Å². The first kappa shape index (κ1) is 98.2. The number of aliphatic hydroxyl groups excluding tert-OH is 1. The number of unbranched alkanes of at least 4 members (excludes halogenated alkanes) is 48. The maximum absolute atomic E-state index is 13.0. The van der Waals surface area contributed by atoms with Crippen LogP contribution in [-0.2, 0) is 65.4 Å². The van der Waals surface area contributed by atoms with Gasteiger partial charge >= 0.3 is 83.0 Å². The van der Waals surface area contributed by atoms with E-state index >= 15 is 0 Å². The van der Waals surface area contributed by atoms with Crippen LogP contribution in [0.3, 0.4) is 0 Å². The summed E-state index contributed by atoms with van der Waals surface area (Å²) < 4.78 is 67.6. The van der Waals surface area contributed by atoms with E-state index in [0.29, 0.717) is 25.7 Å². The van der Waals surface area contributed by atoms with E-state index in [0.717, 1.165) is 89.9 Å². The minimum absolute atomic E-state index is 0. The van der Waals surface area contributed by atoms with Crippen molar-refractivity contribution in [2.24, 2.45) is 0 Å². The van der Waals surface area contributed by atoms with E-state index in [1.54, 1.807) is 0 Å². The van der Waals surface area contributed by atoms with Crippen LogP contribution in [0, 0.1) is 0 Å². The number of rotatable bonds is 74. The Morgan fingerprint density at radius 2 is 0.447 bits per heavy atom. The molecule has 0 bridgehead atoms. The number of esters is 4. The molecule has 0 fully saturated rings. The molecule has 0 heterocycles. The quantitative estimate of drug-likeness (QED) is 0.0196. The van der Waals surface area contributed by atoms with E-state index < -0.39 is 97.5 Å². The van der Waals surface area contributed by atoms with E-state index in [1.165, 1.54) is 218 Å². The Kier molecular flexibility index (Phi) is 77.6. The van der Waals surface area contributed by atoms with Gasteiger partial charge in [-0.1, -0.05) is 336 Å². The summed E-state index contributed by atoms with van der Waals surface area (Å²) in [7, 11) is -10.4. The zero-order chi connectivity index (χ0) is 67.5. The van der Waals surface area contributed by atoms with E-state index in [4.69, 9.17) is 37.0 Å². The summed E-state index contributed by atoms with van der Waals surface area (Å²) in [5, 5.41) is 10.5. The van der Waals surface area contributed by atoms with Gasteiger partial charge in [-0.05, 0) is 25.7 Å². The summed E-state index contributed by atoms with van der Waals surface area (Å²) in [4.78, 5) is 77.3. The fourth-order valence-electron chi connectivity index (χ4n) is 11.2. The molecule has 94 heavy (non-hydrogen) atoms. The van der Waals surface area contributed by atoms with Crippen molar-refractivity contribution in [2.45, 2.75) is 406 Å². The molecule has 0 aliphatic carbocycles. The molecule has 0 saturated heterocycles. The maximum atomic E-state index is 13.0. The first-order chi connectivity index (χ1) is 44.7. The second kappa shape index (κ2) is 74.3. The van der Waals surface area contributed by atoms with Gasteiger partial charge in [0.15, 0.2) is 12.2 Å². The molecule has 0 aromatic rings. The third kappa shape index (κ3) is 73.3. The molecule has 0 rings (SSSR count). The van der Waals surface area contributed by atoms with Crippen molar-refractivity contribution >= 4 is 39.5 Å². The molecule has 21 heteroatoms. The summed E-state index contributed by atoms with van der Waals surface area (Å²) in [6.07, 6.45) is 55.9. The molecule has 0 saturated carbocycles. The third-order valence-corrected chi connectivity index (χ3v) is 18.9. The molecule has 546 valence electrons. The van der Waals surface area contributed by atoms with E-state index in [1.807, 2.05) is 0 Å². The van der Waals surface area contributed by atoms with E-state index in [9.17, 15) is 43.2 Å². The van der Waals surface area contributed by atoms with Crippen LogP contribution in [0.4, 0.5) is 0 Å². The van der Waals surface area contributed by atoms with Crippen molar-refractivity contribution in [3.8, 4) is 0 Å². The van der Waals surface area contributed by atoms with Crippen molar-refractivity contribution in [3.63, 3.8) is 0 Å². The Balaban J connectivity index is -0.0000414. The second-order valence-corrected chi connectivity index (χ2v) is 29.1. The Bertz CT molecular complexity index is 1650. The van der Waals surface area contributed by atoms with Crippen LogP contribution in [0.5, 0.6) is 0 Å². The molecule has 2 unspecified atom stereocenters. The Hall–Kier alpha value is 0.0600. The van der Waals surface area contributed by atoms with Gasteiger partial charge in [0.25, 0.3) is 15.6 Å². The Morgan fingerprint density at radius 3 is 0.649 bits per heavy atom. The zero-order valence-electron chi connectivity index (χ0n) is 61.4. The van der Waals surface area contributed by atoms with Gasteiger partial charge in [-0.25, -0.2) is 0 Å². The first-order valence-corrected chi connectivity index (χ1v) is 41.2. The van der Waals surface area contributed by atoms with Gasteiger partial charge in [0.05, 0.1) is 26.4 Å². The van der Waals surface area contributed by atoms with Crippen LogP contribution in [0.1, 0.15) is 387 Å². The molecule has 0 aliphatic heterocycles. The first-order valence-electron chi connectivity index (χ1n) is 38.2.